The van der Waals surface area contributed by atoms with Crippen molar-refractivity contribution < 1.29 is 9.59 Å². The molecule has 2 amide bonds. The van der Waals surface area contributed by atoms with Gasteiger partial charge < -0.3 is 21.0 Å². The van der Waals surface area contributed by atoms with Crippen molar-refractivity contribution in [1.82, 2.24) is 4.90 Å². The van der Waals surface area contributed by atoms with E-state index in [4.69, 9.17) is 16.1 Å². The Morgan fingerprint density at radius 2 is 1.90 bits per heavy atom. The lowest BCUT2D eigenvalue weighted by Gasteiger charge is -2.44. The SMILES string of the molecule is CC(C)CN1C(=O)c2ccccc2[C@H](C(=O)Nc2cccc(C#N)c2)[C@H]1C(C=N)C=N. The quantitative estimate of drug-likeness (QED) is 0.598. The van der Waals surface area contributed by atoms with Gasteiger partial charge in [-0.15, -0.1) is 0 Å². The van der Waals surface area contributed by atoms with Crippen molar-refractivity contribution in [2.45, 2.75) is 25.8 Å². The third-order valence-electron chi connectivity index (χ3n) is 5.37. The molecule has 0 radical (unpaired) electrons. The van der Waals surface area contributed by atoms with Gasteiger partial charge in [-0.1, -0.05) is 38.1 Å². The Balaban J connectivity index is 2.11. The number of nitrogens with one attached hydrogen (secondary N) is 3. The second-order valence-electron chi connectivity index (χ2n) is 8.00. The van der Waals surface area contributed by atoms with Crippen molar-refractivity contribution in [3.63, 3.8) is 0 Å². The smallest absolute Gasteiger partial charge is 0.254 e. The number of hydrogen-bond acceptors (Lipinski definition) is 5. The Labute approximate surface area is 181 Å². The number of fused-ring (bicyclic) bond motifs is 1. The molecule has 2 aromatic rings. The molecule has 0 fully saturated rings. The van der Waals surface area contributed by atoms with Crippen LogP contribution in [0.25, 0.3) is 0 Å². The van der Waals surface area contributed by atoms with E-state index in [1.165, 1.54) is 0 Å². The minimum Gasteiger partial charge on any atom is -0.333 e. The first-order chi connectivity index (χ1) is 14.9. The highest BCUT2D eigenvalue weighted by Crippen LogP contribution is 2.37. The van der Waals surface area contributed by atoms with Crippen LogP contribution in [0.5, 0.6) is 0 Å². The Kier molecular flexibility index (Phi) is 6.61. The van der Waals surface area contributed by atoms with Crippen molar-refractivity contribution in [3.05, 3.63) is 65.2 Å². The third kappa shape index (κ3) is 4.38. The number of benzene rings is 2. The summed E-state index contributed by atoms with van der Waals surface area (Å²) in [5, 5.41) is 27.7. The van der Waals surface area contributed by atoms with Gasteiger partial charge in [-0.3, -0.25) is 9.59 Å². The van der Waals surface area contributed by atoms with Crippen LogP contribution in [0.2, 0.25) is 0 Å². The van der Waals surface area contributed by atoms with E-state index in [-0.39, 0.29) is 17.7 Å². The molecule has 7 nitrogen and oxygen atoms in total. The summed E-state index contributed by atoms with van der Waals surface area (Å²) in [5.74, 6) is -1.88. The lowest BCUT2D eigenvalue weighted by molar-refractivity contribution is -0.119. The maximum atomic E-state index is 13.5. The van der Waals surface area contributed by atoms with Gasteiger partial charge in [0.25, 0.3) is 5.91 Å². The molecular weight excluding hydrogens is 390 g/mol. The number of hydrogen-bond donors (Lipinski definition) is 3. The van der Waals surface area contributed by atoms with Gasteiger partial charge in [0.05, 0.1) is 23.6 Å². The molecule has 0 aliphatic carbocycles. The number of nitrogens with zero attached hydrogens (tertiary/aromatic N) is 2. The van der Waals surface area contributed by atoms with Crippen LogP contribution in [0.3, 0.4) is 0 Å². The molecule has 7 heteroatoms. The Morgan fingerprint density at radius 3 is 2.55 bits per heavy atom. The first kappa shape index (κ1) is 21.9. The molecule has 3 rings (SSSR count). The molecule has 1 aliphatic heterocycles. The molecule has 2 atom stereocenters. The maximum Gasteiger partial charge on any atom is 0.254 e. The zero-order chi connectivity index (χ0) is 22.5. The Hall–Kier alpha value is -3.79. The van der Waals surface area contributed by atoms with Crippen molar-refractivity contribution in [1.29, 1.82) is 16.1 Å². The van der Waals surface area contributed by atoms with Gasteiger partial charge in [0.2, 0.25) is 5.91 Å². The number of rotatable bonds is 7. The Bertz CT molecular complexity index is 1050. The van der Waals surface area contributed by atoms with Crippen LogP contribution in [-0.2, 0) is 4.79 Å². The Morgan fingerprint density at radius 1 is 1.19 bits per heavy atom. The topological polar surface area (TPSA) is 121 Å². The van der Waals surface area contributed by atoms with Gasteiger partial charge in [-0.05, 0) is 35.7 Å². The van der Waals surface area contributed by atoms with E-state index in [9.17, 15) is 9.59 Å². The van der Waals surface area contributed by atoms with Crippen molar-refractivity contribution in [2.75, 3.05) is 11.9 Å². The fraction of sp³-hybridized carbons (Fsp3) is 0.292. The molecule has 2 aromatic carbocycles. The molecule has 158 valence electrons. The van der Waals surface area contributed by atoms with Crippen LogP contribution >= 0.6 is 0 Å². The molecule has 1 aliphatic rings. The third-order valence-corrected chi connectivity index (χ3v) is 5.37. The molecule has 0 aromatic heterocycles. The average Bonchev–Trinajstić information content (AvgIpc) is 2.77. The van der Waals surface area contributed by atoms with E-state index in [2.05, 4.69) is 11.4 Å². The van der Waals surface area contributed by atoms with E-state index in [0.29, 0.717) is 28.9 Å². The summed E-state index contributed by atoms with van der Waals surface area (Å²) < 4.78 is 0. The van der Waals surface area contributed by atoms with Gasteiger partial charge in [0.15, 0.2) is 0 Å². The van der Waals surface area contributed by atoms with E-state index in [1.54, 1.807) is 53.4 Å². The molecule has 0 saturated heterocycles. The van der Waals surface area contributed by atoms with Crippen LogP contribution in [0.4, 0.5) is 5.69 Å². The number of anilines is 1. The summed E-state index contributed by atoms with van der Waals surface area (Å²) in [5.41, 5.74) is 1.94. The molecule has 0 bridgehead atoms. The van der Waals surface area contributed by atoms with Crippen LogP contribution in [0, 0.1) is 34.0 Å². The van der Waals surface area contributed by atoms with E-state index in [0.717, 1.165) is 12.4 Å². The summed E-state index contributed by atoms with van der Waals surface area (Å²) >= 11 is 0. The largest absolute Gasteiger partial charge is 0.333 e. The van der Waals surface area contributed by atoms with Crippen LogP contribution in [0.1, 0.15) is 41.3 Å². The van der Waals surface area contributed by atoms with Crippen molar-refractivity contribution in [3.8, 4) is 6.07 Å². The van der Waals surface area contributed by atoms with Gasteiger partial charge >= 0.3 is 0 Å². The standard InChI is InChI=1S/C24H25N5O2/c1-15(2)14-29-22(17(12-26)13-27)21(19-8-3-4-9-20(19)24(29)31)23(30)28-18-7-5-6-16(10-18)11-25/h3-10,12-13,15,17,21-22,26-27H,14H2,1-2H3,(H,28,30)/t17?,21-,22+/m0/s1. The van der Waals surface area contributed by atoms with Crippen LogP contribution in [0.15, 0.2) is 48.5 Å². The zero-order valence-electron chi connectivity index (χ0n) is 17.5. The summed E-state index contributed by atoms with van der Waals surface area (Å²) in [4.78, 5) is 28.5. The van der Waals surface area contributed by atoms with Gasteiger partial charge in [0.1, 0.15) is 0 Å². The molecule has 3 N–H and O–H groups in total. The second kappa shape index (κ2) is 9.35. The minimum atomic E-state index is -0.772. The predicted octanol–water partition coefficient (Wildman–Crippen LogP) is 3.68. The highest BCUT2D eigenvalue weighted by atomic mass is 16.2. The van der Waals surface area contributed by atoms with E-state index < -0.39 is 17.9 Å². The van der Waals surface area contributed by atoms with Crippen LogP contribution < -0.4 is 5.32 Å². The highest BCUT2D eigenvalue weighted by molar-refractivity contribution is 6.05. The fourth-order valence-electron chi connectivity index (χ4n) is 4.07. The first-order valence-electron chi connectivity index (χ1n) is 10.1. The zero-order valence-corrected chi connectivity index (χ0v) is 17.5. The van der Waals surface area contributed by atoms with Gasteiger partial charge in [0, 0.05) is 36.1 Å². The normalized spacial score (nSPS) is 18.6. The number of carbonyl (C=O) groups is 2. The highest BCUT2D eigenvalue weighted by Gasteiger charge is 2.46. The second-order valence-corrected chi connectivity index (χ2v) is 8.00. The van der Waals surface area contributed by atoms with Crippen molar-refractivity contribution >= 4 is 29.9 Å². The van der Waals surface area contributed by atoms with Crippen LogP contribution in [-0.4, -0.2) is 41.7 Å². The maximum absolute atomic E-state index is 13.5. The summed E-state index contributed by atoms with van der Waals surface area (Å²) in [6, 6.07) is 15.0. The lowest BCUT2D eigenvalue weighted by atomic mass is 9.76. The van der Waals surface area contributed by atoms with E-state index >= 15 is 0 Å². The van der Waals surface area contributed by atoms with Gasteiger partial charge in [-0.2, -0.15) is 5.26 Å². The molecule has 0 saturated carbocycles. The fourth-order valence-corrected chi connectivity index (χ4v) is 4.07. The number of carbonyl (C=O) groups excluding carboxylic acids is 2. The summed E-state index contributed by atoms with van der Waals surface area (Å²) in [6.45, 7) is 4.37. The molecule has 0 unspecified atom stereocenters. The minimum absolute atomic E-state index is 0.143. The summed E-state index contributed by atoms with van der Waals surface area (Å²) in [7, 11) is 0. The number of amides is 2. The molecule has 1 heterocycles. The van der Waals surface area contributed by atoms with Gasteiger partial charge in [-0.25, -0.2) is 0 Å². The first-order valence-corrected chi connectivity index (χ1v) is 10.1. The lowest BCUT2D eigenvalue weighted by Crippen LogP contribution is -2.56. The number of nitriles is 1. The molecule has 31 heavy (non-hydrogen) atoms. The van der Waals surface area contributed by atoms with Crippen molar-refractivity contribution in [2.24, 2.45) is 11.8 Å². The summed E-state index contributed by atoms with van der Waals surface area (Å²) in [6.07, 6.45) is 2.23. The average molecular weight is 415 g/mol. The molecule has 0 spiro atoms. The monoisotopic (exact) mass is 415 g/mol. The molecular formula is C24H25N5O2. The predicted molar refractivity (Wildman–Crippen MR) is 120 cm³/mol. The van der Waals surface area contributed by atoms with E-state index in [1.807, 2.05) is 13.8 Å².